The van der Waals surface area contributed by atoms with E-state index in [2.05, 4.69) is 29.5 Å². The van der Waals surface area contributed by atoms with E-state index < -0.39 is 0 Å². The van der Waals surface area contributed by atoms with Gasteiger partial charge in [-0.05, 0) is 50.6 Å². The Kier molecular flexibility index (Phi) is 6.14. The van der Waals surface area contributed by atoms with Gasteiger partial charge in [-0.3, -0.25) is 4.79 Å². The molecule has 2 aromatic heterocycles. The van der Waals surface area contributed by atoms with Gasteiger partial charge in [-0.15, -0.1) is 0 Å². The summed E-state index contributed by atoms with van der Waals surface area (Å²) in [5, 5.41) is 8.49. The summed E-state index contributed by atoms with van der Waals surface area (Å²) in [4.78, 5) is 19.3. The van der Waals surface area contributed by atoms with Crippen LogP contribution in [0.3, 0.4) is 0 Å². The number of carbonyl (C=O) groups is 1. The summed E-state index contributed by atoms with van der Waals surface area (Å²) < 4.78 is 8.08. The van der Waals surface area contributed by atoms with Crippen molar-refractivity contribution in [1.29, 1.82) is 0 Å². The van der Waals surface area contributed by atoms with E-state index in [9.17, 15) is 4.79 Å². The number of nitrogens with one attached hydrogen (secondary N) is 1. The van der Waals surface area contributed by atoms with E-state index in [0.29, 0.717) is 0 Å². The molecule has 7 nitrogen and oxygen atoms in total. The third kappa shape index (κ3) is 4.45. The number of benzene rings is 2. The maximum absolute atomic E-state index is 12.6. The third-order valence-corrected chi connectivity index (χ3v) is 6.62. The highest BCUT2D eigenvalue weighted by Gasteiger charge is 2.19. The highest BCUT2D eigenvalue weighted by Crippen LogP contribution is 2.32. The number of ether oxygens (including phenoxy) is 1. The van der Waals surface area contributed by atoms with Gasteiger partial charge in [0.2, 0.25) is 5.91 Å². The molecule has 2 heterocycles. The van der Waals surface area contributed by atoms with Gasteiger partial charge in [-0.1, -0.05) is 41.2 Å². The van der Waals surface area contributed by atoms with Crippen LogP contribution in [-0.2, 0) is 4.79 Å². The molecule has 1 atom stereocenters. The zero-order chi connectivity index (χ0) is 22.8. The third-order valence-electron chi connectivity index (χ3n) is 5.36. The van der Waals surface area contributed by atoms with Crippen molar-refractivity contribution < 1.29 is 9.53 Å². The van der Waals surface area contributed by atoms with Crippen LogP contribution in [-0.4, -0.2) is 41.4 Å². The Hall–Kier alpha value is -3.39. The van der Waals surface area contributed by atoms with Crippen LogP contribution in [0.25, 0.3) is 16.0 Å². The standard InChI is InChI=1S/C24H27N5O2S/c1-15-6-8-18(9-7-15)16(2)25-21(30)14-28(4)24-26-23-22(32-24)17(3)27-29(23)19-10-12-20(31-5)13-11-19/h6-13,16H,14H2,1-5H3,(H,25,30)/t16-/m0/s1. The van der Waals surface area contributed by atoms with Gasteiger partial charge in [0.15, 0.2) is 10.8 Å². The van der Waals surface area contributed by atoms with Crippen molar-refractivity contribution in [1.82, 2.24) is 20.1 Å². The summed E-state index contributed by atoms with van der Waals surface area (Å²) in [6.07, 6.45) is 0. The Balaban J connectivity index is 1.49. The minimum atomic E-state index is -0.0576. The molecule has 0 spiro atoms. The molecule has 8 heteroatoms. The number of likely N-dealkylation sites (N-methyl/N-ethyl adjacent to an activating group) is 1. The number of amides is 1. The Bertz CT molecular complexity index is 1230. The molecular formula is C24H27N5O2S. The summed E-state index contributed by atoms with van der Waals surface area (Å²) in [5.41, 5.74) is 4.89. The van der Waals surface area contributed by atoms with E-state index in [4.69, 9.17) is 9.72 Å². The van der Waals surface area contributed by atoms with Gasteiger partial charge in [0.05, 0.1) is 35.8 Å². The lowest BCUT2D eigenvalue weighted by Gasteiger charge is -2.19. The second kappa shape index (κ2) is 9.00. The van der Waals surface area contributed by atoms with Crippen LogP contribution in [0.5, 0.6) is 5.75 Å². The summed E-state index contributed by atoms with van der Waals surface area (Å²) in [5.74, 6) is 0.742. The summed E-state index contributed by atoms with van der Waals surface area (Å²) in [6, 6.07) is 15.8. The van der Waals surface area contributed by atoms with Gasteiger partial charge in [-0.2, -0.15) is 10.1 Å². The number of rotatable bonds is 7. The van der Waals surface area contributed by atoms with Crippen LogP contribution in [0.15, 0.2) is 48.5 Å². The minimum Gasteiger partial charge on any atom is -0.497 e. The van der Waals surface area contributed by atoms with E-state index in [-0.39, 0.29) is 18.5 Å². The molecule has 0 aliphatic rings. The van der Waals surface area contributed by atoms with Gasteiger partial charge in [0.1, 0.15) is 5.75 Å². The Labute approximate surface area is 191 Å². The van der Waals surface area contributed by atoms with E-state index in [1.165, 1.54) is 5.56 Å². The van der Waals surface area contributed by atoms with E-state index in [1.807, 2.05) is 66.9 Å². The smallest absolute Gasteiger partial charge is 0.240 e. The molecule has 4 aromatic rings. The van der Waals surface area contributed by atoms with E-state index in [1.54, 1.807) is 18.4 Å². The predicted octanol–water partition coefficient (Wildman–Crippen LogP) is 4.42. The maximum Gasteiger partial charge on any atom is 0.240 e. The van der Waals surface area contributed by atoms with Crippen LogP contribution in [0.2, 0.25) is 0 Å². The average molecular weight is 450 g/mol. The summed E-state index contributed by atoms with van der Waals surface area (Å²) in [6.45, 7) is 6.24. The van der Waals surface area contributed by atoms with Gasteiger partial charge in [0.25, 0.3) is 0 Å². The molecular weight excluding hydrogens is 422 g/mol. The van der Waals surface area contributed by atoms with Crippen molar-refractivity contribution in [3.63, 3.8) is 0 Å². The first-order chi connectivity index (χ1) is 15.4. The van der Waals surface area contributed by atoms with Gasteiger partial charge < -0.3 is 15.0 Å². The maximum atomic E-state index is 12.6. The molecule has 1 N–H and O–H groups in total. The average Bonchev–Trinajstić information content (AvgIpc) is 3.35. The molecule has 32 heavy (non-hydrogen) atoms. The van der Waals surface area contributed by atoms with Crippen molar-refractivity contribution >= 4 is 32.7 Å². The van der Waals surface area contributed by atoms with Crippen molar-refractivity contribution in [3.05, 3.63) is 65.4 Å². The van der Waals surface area contributed by atoms with Crippen LogP contribution in [0.4, 0.5) is 5.13 Å². The van der Waals surface area contributed by atoms with Crippen LogP contribution < -0.4 is 15.0 Å². The Morgan fingerprint density at radius 2 is 1.84 bits per heavy atom. The Morgan fingerprint density at radius 1 is 1.16 bits per heavy atom. The first-order valence-electron chi connectivity index (χ1n) is 10.4. The molecule has 0 fully saturated rings. The number of thiazole rings is 1. The minimum absolute atomic E-state index is 0.0478. The molecule has 0 saturated carbocycles. The number of fused-ring (bicyclic) bond motifs is 1. The van der Waals surface area contributed by atoms with Crippen molar-refractivity contribution in [2.75, 3.05) is 25.6 Å². The molecule has 4 rings (SSSR count). The number of anilines is 1. The zero-order valence-electron chi connectivity index (χ0n) is 18.9. The monoisotopic (exact) mass is 449 g/mol. The van der Waals surface area contributed by atoms with E-state index in [0.717, 1.165) is 38.2 Å². The fourth-order valence-electron chi connectivity index (χ4n) is 3.50. The fourth-order valence-corrected chi connectivity index (χ4v) is 4.45. The number of aryl methyl sites for hydroxylation is 2. The van der Waals surface area contributed by atoms with Gasteiger partial charge in [-0.25, -0.2) is 4.68 Å². The van der Waals surface area contributed by atoms with Crippen LogP contribution in [0, 0.1) is 13.8 Å². The number of nitrogens with zero attached hydrogens (tertiary/aromatic N) is 4. The number of methoxy groups -OCH3 is 1. The second-order valence-corrected chi connectivity index (χ2v) is 8.88. The topological polar surface area (TPSA) is 72.3 Å². The number of carbonyl (C=O) groups excluding carboxylic acids is 1. The van der Waals surface area contributed by atoms with Crippen LogP contribution in [0.1, 0.15) is 29.8 Å². The number of aromatic nitrogens is 3. The molecule has 1 amide bonds. The largest absolute Gasteiger partial charge is 0.497 e. The number of hydrogen-bond acceptors (Lipinski definition) is 6. The lowest BCUT2D eigenvalue weighted by Crippen LogP contribution is -2.36. The summed E-state index contributed by atoms with van der Waals surface area (Å²) in [7, 11) is 3.53. The lowest BCUT2D eigenvalue weighted by molar-refractivity contribution is -0.120. The van der Waals surface area contributed by atoms with Crippen molar-refractivity contribution in [3.8, 4) is 11.4 Å². The van der Waals surface area contributed by atoms with E-state index >= 15 is 0 Å². The highest BCUT2D eigenvalue weighted by molar-refractivity contribution is 7.22. The Morgan fingerprint density at radius 3 is 2.50 bits per heavy atom. The SMILES string of the molecule is COc1ccc(-n2nc(C)c3sc(N(C)CC(=O)N[C@@H](C)c4ccc(C)cc4)nc32)cc1. The molecule has 0 bridgehead atoms. The van der Waals surface area contributed by atoms with Gasteiger partial charge in [0, 0.05) is 7.05 Å². The highest BCUT2D eigenvalue weighted by atomic mass is 32.1. The molecule has 0 radical (unpaired) electrons. The number of hydrogen-bond donors (Lipinski definition) is 1. The summed E-state index contributed by atoms with van der Waals surface area (Å²) >= 11 is 1.54. The molecule has 0 aliphatic heterocycles. The predicted molar refractivity (Wildman–Crippen MR) is 129 cm³/mol. The molecule has 2 aromatic carbocycles. The van der Waals surface area contributed by atoms with Gasteiger partial charge >= 0.3 is 0 Å². The fraction of sp³-hybridized carbons (Fsp3) is 0.292. The van der Waals surface area contributed by atoms with Crippen molar-refractivity contribution in [2.24, 2.45) is 0 Å². The van der Waals surface area contributed by atoms with Crippen molar-refractivity contribution in [2.45, 2.75) is 26.8 Å². The first-order valence-corrected chi connectivity index (χ1v) is 11.2. The molecule has 0 saturated heterocycles. The van der Waals surface area contributed by atoms with Crippen LogP contribution >= 0.6 is 11.3 Å². The normalized spacial score (nSPS) is 12.0. The second-order valence-electron chi connectivity index (χ2n) is 7.90. The zero-order valence-corrected chi connectivity index (χ0v) is 19.7. The lowest BCUT2D eigenvalue weighted by atomic mass is 10.1. The molecule has 166 valence electrons. The quantitative estimate of drug-likeness (QED) is 0.452. The molecule has 0 aliphatic carbocycles. The first kappa shape index (κ1) is 21.8. The molecule has 0 unspecified atom stereocenters.